The molecule has 4 heteroatoms. The Morgan fingerprint density at radius 2 is 1.78 bits per heavy atom. The Bertz CT molecular complexity index is 691. The second-order valence-corrected chi connectivity index (χ2v) is 8.53. The van der Waals surface area contributed by atoms with Gasteiger partial charge in [-0.1, -0.05) is 35.9 Å². The maximum atomic E-state index is 12.3. The quantitative estimate of drug-likeness (QED) is 0.871. The monoisotopic (exact) mass is 343 g/mol. The van der Waals surface area contributed by atoms with Crippen LogP contribution >= 0.6 is 23.5 Å². The van der Waals surface area contributed by atoms with Gasteiger partial charge >= 0.3 is 0 Å². The van der Waals surface area contributed by atoms with Crippen molar-refractivity contribution in [1.29, 1.82) is 0 Å². The van der Waals surface area contributed by atoms with E-state index in [0.29, 0.717) is 11.1 Å². The van der Waals surface area contributed by atoms with Crippen molar-refractivity contribution in [3.05, 3.63) is 70.3 Å². The number of nitrogens with one attached hydrogen (secondary N) is 1. The van der Waals surface area contributed by atoms with Crippen molar-refractivity contribution in [2.75, 3.05) is 11.5 Å². The van der Waals surface area contributed by atoms with E-state index < -0.39 is 0 Å². The second kappa shape index (κ2) is 7.45. The Hall–Kier alpha value is -1.39. The Balaban J connectivity index is 1.61. The molecule has 0 aromatic heterocycles. The highest BCUT2D eigenvalue weighted by Crippen LogP contribution is 2.45. The zero-order valence-electron chi connectivity index (χ0n) is 13.5. The van der Waals surface area contributed by atoms with Gasteiger partial charge in [0, 0.05) is 23.6 Å². The summed E-state index contributed by atoms with van der Waals surface area (Å²) in [6, 6.07) is 14.4. The van der Waals surface area contributed by atoms with Crippen molar-refractivity contribution in [1.82, 2.24) is 5.32 Å². The lowest BCUT2D eigenvalue weighted by atomic mass is 10.1. The largest absolute Gasteiger partial charge is 0.348 e. The van der Waals surface area contributed by atoms with E-state index in [1.807, 2.05) is 35.7 Å². The Labute approximate surface area is 146 Å². The molecule has 0 spiro atoms. The molecule has 0 aliphatic carbocycles. The average Bonchev–Trinajstić information content (AvgIpc) is 3.08. The van der Waals surface area contributed by atoms with Crippen LogP contribution in [0.4, 0.5) is 0 Å². The molecule has 1 aliphatic heterocycles. The molecule has 0 atom stereocenters. The predicted molar refractivity (Wildman–Crippen MR) is 101 cm³/mol. The zero-order chi connectivity index (χ0) is 16.2. The van der Waals surface area contributed by atoms with Gasteiger partial charge in [-0.25, -0.2) is 0 Å². The lowest BCUT2D eigenvalue weighted by Gasteiger charge is -2.11. The maximum absolute atomic E-state index is 12.3. The summed E-state index contributed by atoms with van der Waals surface area (Å²) in [6.45, 7) is 4.74. The van der Waals surface area contributed by atoms with Crippen LogP contribution in [0.3, 0.4) is 0 Å². The third-order valence-corrected chi connectivity index (χ3v) is 7.11. The number of amides is 1. The highest BCUT2D eigenvalue weighted by atomic mass is 32.2. The molecule has 0 radical (unpaired) electrons. The van der Waals surface area contributed by atoms with Gasteiger partial charge in [0.25, 0.3) is 5.91 Å². The van der Waals surface area contributed by atoms with Gasteiger partial charge in [0.2, 0.25) is 0 Å². The van der Waals surface area contributed by atoms with Gasteiger partial charge in [-0.3, -0.25) is 4.79 Å². The molecular formula is C19H21NOS2. The Kier molecular flexibility index (Phi) is 5.34. The van der Waals surface area contributed by atoms with Gasteiger partial charge in [-0.15, -0.1) is 23.5 Å². The van der Waals surface area contributed by atoms with E-state index in [2.05, 4.69) is 49.5 Å². The van der Waals surface area contributed by atoms with Crippen LogP contribution < -0.4 is 5.32 Å². The van der Waals surface area contributed by atoms with Gasteiger partial charge in [-0.2, -0.15) is 0 Å². The van der Waals surface area contributed by atoms with Crippen molar-refractivity contribution in [3.8, 4) is 0 Å². The van der Waals surface area contributed by atoms with Gasteiger partial charge < -0.3 is 5.32 Å². The number of carbonyl (C=O) groups excluding carboxylic acids is 1. The molecule has 0 bridgehead atoms. The number of hydrogen-bond acceptors (Lipinski definition) is 3. The molecule has 2 nitrogen and oxygen atoms in total. The first-order valence-corrected chi connectivity index (χ1v) is 9.91. The van der Waals surface area contributed by atoms with Crippen LogP contribution in [0.25, 0.3) is 0 Å². The fraction of sp³-hybridized carbons (Fsp3) is 0.316. The molecule has 3 rings (SSSR count). The van der Waals surface area contributed by atoms with E-state index in [0.717, 1.165) is 5.56 Å². The van der Waals surface area contributed by atoms with Crippen LogP contribution in [0.2, 0.25) is 0 Å². The van der Waals surface area contributed by atoms with E-state index in [-0.39, 0.29) is 5.91 Å². The summed E-state index contributed by atoms with van der Waals surface area (Å²) < 4.78 is 0.530. The predicted octanol–water partition coefficient (Wildman–Crippen LogP) is 4.71. The maximum Gasteiger partial charge on any atom is 0.251 e. The SMILES string of the molecule is Cc1ccc(CNC(=O)c2ccc(C3SCCS3)cc2)c(C)c1. The smallest absolute Gasteiger partial charge is 0.251 e. The van der Waals surface area contributed by atoms with Crippen molar-refractivity contribution < 1.29 is 4.79 Å². The van der Waals surface area contributed by atoms with Crippen LogP contribution in [0.15, 0.2) is 42.5 Å². The molecular weight excluding hydrogens is 322 g/mol. The number of aryl methyl sites for hydroxylation is 2. The van der Waals surface area contributed by atoms with Crippen molar-refractivity contribution >= 4 is 29.4 Å². The van der Waals surface area contributed by atoms with Crippen LogP contribution in [0.5, 0.6) is 0 Å². The van der Waals surface area contributed by atoms with Crippen LogP contribution in [-0.2, 0) is 6.54 Å². The summed E-state index contributed by atoms with van der Waals surface area (Å²) in [5.41, 5.74) is 5.67. The molecule has 120 valence electrons. The summed E-state index contributed by atoms with van der Waals surface area (Å²) in [7, 11) is 0. The van der Waals surface area contributed by atoms with Crippen LogP contribution in [0, 0.1) is 13.8 Å². The molecule has 0 saturated carbocycles. The fourth-order valence-electron chi connectivity index (χ4n) is 2.66. The molecule has 23 heavy (non-hydrogen) atoms. The number of thioether (sulfide) groups is 2. The van der Waals surface area contributed by atoms with Gasteiger partial charge in [0.05, 0.1) is 4.58 Å². The van der Waals surface area contributed by atoms with Crippen molar-refractivity contribution in [2.24, 2.45) is 0 Å². The Morgan fingerprint density at radius 1 is 1.09 bits per heavy atom. The third-order valence-electron chi connectivity index (χ3n) is 4.00. The Morgan fingerprint density at radius 3 is 2.43 bits per heavy atom. The molecule has 1 saturated heterocycles. The summed E-state index contributed by atoms with van der Waals surface area (Å²) in [5, 5.41) is 3.02. The zero-order valence-corrected chi connectivity index (χ0v) is 15.1. The molecule has 1 N–H and O–H groups in total. The lowest BCUT2D eigenvalue weighted by Crippen LogP contribution is -2.23. The highest BCUT2D eigenvalue weighted by Gasteiger charge is 2.18. The molecule has 0 unspecified atom stereocenters. The molecule has 2 aromatic carbocycles. The minimum Gasteiger partial charge on any atom is -0.348 e. The lowest BCUT2D eigenvalue weighted by molar-refractivity contribution is 0.0951. The first kappa shape index (κ1) is 16.5. The first-order valence-electron chi connectivity index (χ1n) is 7.81. The molecule has 1 aliphatic rings. The number of carbonyl (C=O) groups is 1. The standard InChI is InChI=1S/C19H21NOS2/c1-13-3-4-17(14(2)11-13)12-20-18(21)15-5-7-16(8-6-15)19-22-9-10-23-19/h3-8,11,19H,9-10,12H2,1-2H3,(H,20,21). The van der Waals surface area contributed by atoms with Crippen LogP contribution in [-0.4, -0.2) is 17.4 Å². The minimum atomic E-state index is -0.0109. The summed E-state index contributed by atoms with van der Waals surface area (Å²) in [4.78, 5) is 12.3. The molecule has 1 heterocycles. The van der Waals surface area contributed by atoms with Gasteiger partial charge in [0.1, 0.15) is 0 Å². The normalized spacial score (nSPS) is 14.9. The van der Waals surface area contributed by atoms with Gasteiger partial charge in [-0.05, 0) is 42.7 Å². The third kappa shape index (κ3) is 4.12. The van der Waals surface area contributed by atoms with E-state index in [1.165, 1.54) is 33.8 Å². The second-order valence-electron chi connectivity index (χ2n) is 5.81. The van der Waals surface area contributed by atoms with Crippen LogP contribution in [0.1, 0.15) is 37.2 Å². The topological polar surface area (TPSA) is 29.1 Å². The minimum absolute atomic E-state index is 0.0109. The molecule has 1 amide bonds. The van der Waals surface area contributed by atoms with Crippen molar-refractivity contribution in [3.63, 3.8) is 0 Å². The number of rotatable bonds is 4. The van der Waals surface area contributed by atoms with E-state index in [9.17, 15) is 4.79 Å². The summed E-state index contributed by atoms with van der Waals surface area (Å²) in [5.74, 6) is 2.42. The summed E-state index contributed by atoms with van der Waals surface area (Å²) >= 11 is 3.96. The number of hydrogen-bond donors (Lipinski definition) is 1. The summed E-state index contributed by atoms with van der Waals surface area (Å²) in [6.07, 6.45) is 0. The van der Waals surface area contributed by atoms with Gasteiger partial charge in [0.15, 0.2) is 0 Å². The number of benzene rings is 2. The first-order chi connectivity index (χ1) is 11.1. The molecule has 1 fully saturated rings. The van der Waals surface area contributed by atoms with E-state index in [1.54, 1.807) is 0 Å². The highest BCUT2D eigenvalue weighted by molar-refractivity contribution is 8.19. The molecule has 2 aromatic rings. The van der Waals surface area contributed by atoms with E-state index >= 15 is 0 Å². The van der Waals surface area contributed by atoms with Crippen molar-refractivity contribution in [2.45, 2.75) is 25.0 Å². The fourth-order valence-corrected chi connectivity index (χ4v) is 5.52. The van der Waals surface area contributed by atoms with E-state index in [4.69, 9.17) is 0 Å². The average molecular weight is 344 g/mol.